The quantitative estimate of drug-likeness (QED) is 0.820. The molecule has 0 radical (unpaired) electrons. The van der Waals surface area contributed by atoms with E-state index in [-0.39, 0.29) is 0 Å². The maximum absolute atomic E-state index is 9.63. The molecule has 78 valence electrons. The summed E-state index contributed by atoms with van der Waals surface area (Å²) in [5.74, 6) is 0.574. The van der Waals surface area contributed by atoms with Crippen molar-refractivity contribution in [2.75, 3.05) is 7.11 Å². The number of rotatable bonds is 2. The molecule has 0 saturated heterocycles. The topological polar surface area (TPSA) is 29.5 Å². The standard InChI is InChI=1S/C11H15ClO2/c1-6-5-9(12)11(14-4)10(7(6)2)8(3)13/h5,8,13H,1-4H3. The summed E-state index contributed by atoms with van der Waals surface area (Å²) >= 11 is 6.01. The second kappa shape index (κ2) is 4.20. The highest BCUT2D eigenvalue weighted by Gasteiger charge is 2.16. The summed E-state index contributed by atoms with van der Waals surface area (Å²) in [5, 5.41) is 10.2. The van der Waals surface area contributed by atoms with E-state index in [9.17, 15) is 5.11 Å². The summed E-state index contributed by atoms with van der Waals surface area (Å²) in [4.78, 5) is 0. The summed E-state index contributed by atoms with van der Waals surface area (Å²) in [6.45, 7) is 5.63. The minimum atomic E-state index is -0.567. The van der Waals surface area contributed by atoms with Gasteiger partial charge in [0.1, 0.15) is 5.75 Å². The van der Waals surface area contributed by atoms with E-state index in [0.29, 0.717) is 10.8 Å². The van der Waals surface area contributed by atoms with Crippen LogP contribution in [-0.4, -0.2) is 12.2 Å². The van der Waals surface area contributed by atoms with Gasteiger partial charge in [0.05, 0.1) is 18.2 Å². The fraction of sp³-hybridized carbons (Fsp3) is 0.455. The second-order valence-corrected chi connectivity index (χ2v) is 3.83. The largest absolute Gasteiger partial charge is 0.495 e. The van der Waals surface area contributed by atoms with E-state index in [1.807, 2.05) is 19.9 Å². The monoisotopic (exact) mass is 214 g/mol. The third kappa shape index (κ3) is 1.86. The third-order valence-electron chi connectivity index (χ3n) is 2.42. The van der Waals surface area contributed by atoms with E-state index < -0.39 is 6.10 Å². The number of aryl methyl sites for hydroxylation is 1. The van der Waals surface area contributed by atoms with Gasteiger partial charge in [-0.3, -0.25) is 0 Å². The van der Waals surface area contributed by atoms with Crippen molar-refractivity contribution in [2.45, 2.75) is 26.9 Å². The Kier molecular flexibility index (Phi) is 3.40. The normalized spacial score (nSPS) is 12.7. The molecule has 1 atom stereocenters. The molecule has 1 unspecified atom stereocenters. The molecule has 1 aromatic rings. The van der Waals surface area contributed by atoms with E-state index in [0.717, 1.165) is 16.7 Å². The lowest BCUT2D eigenvalue weighted by Gasteiger charge is -2.17. The Morgan fingerprint density at radius 2 is 2.00 bits per heavy atom. The van der Waals surface area contributed by atoms with E-state index in [4.69, 9.17) is 16.3 Å². The number of aliphatic hydroxyl groups excluding tert-OH is 1. The summed E-state index contributed by atoms with van der Waals surface area (Å²) < 4.78 is 5.18. The van der Waals surface area contributed by atoms with E-state index >= 15 is 0 Å². The van der Waals surface area contributed by atoms with E-state index in [1.165, 1.54) is 0 Å². The molecule has 0 aromatic heterocycles. The SMILES string of the molecule is COc1c(Cl)cc(C)c(C)c1C(C)O. The highest BCUT2D eigenvalue weighted by Crippen LogP contribution is 2.36. The minimum absolute atomic E-state index is 0.548. The van der Waals surface area contributed by atoms with Gasteiger partial charge >= 0.3 is 0 Å². The van der Waals surface area contributed by atoms with Crippen LogP contribution in [0.4, 0.5) is 0 Å². The lowest BCUT2D eigenvalue weighted by Crippen LogP contribution is -2.02. The van der Waals surface area contributed by atoms with Crippen LogP contribution >= 0.6 is 11.6 Å². The molecule has 14 heavy (non-hydrogen) atoms. The van der Waals surface area contributed by atoms with Gasteiger partial charge in [0.15, 0.2) is 0 Å². The number of aliphatic hydroxyl groups is 1. The van der Waals surface area contributed by atoms with Gasteiger partial charge in [-0.25, -0.2) is 0 Å². The molecule has 3 heteroatoms. The molecule has 0 amide bonds. The Morgan fingerprint density at radius 1 is 1.43 bits per heavy atom. The predicted octanol–water partition coefficient (Wildman–Crippen LogP) is 3.02. The van der Waals surface area contributed by atoms with Crippen molar-refractivity contribution in [3.05, 3.63) is 27.8 Å². The number of methoxy groups -OCH3 is 1. The molecule has 1 N–H and O–H groups in total. The van der Waals surface area contributed by atoms with Crippen molar-refractivity contribution in [1.29, 1.82) is 0 Å². The third-order valence-corrected chi connectivity index (χ3v) is 2.70. The van der Waals surface area contributed by atoms with Gasteiger partial charge in [-0.1, -0.05) is 11.6 Å². The Morgan fingerprint density at radius 3 is 2.43 bits per heavy atom. The van der Waals surface area contributed by atoms with Crippen molar-refractivity contribution in [1.82, 2.24) is 0 Å². The molecule has 0 aliphatic heterocycles. The zero-order valence-electron chi connectivity index (χ0n) is 8.89. The second-order valence-electron chi connectivity index (χ2n) is 3.42. The first-order valence-corrected chi connectivity index (χ1v) is 4.88. The molecule has 0 spiro atoms. The predicted molar refractivity (Wildman–Crippen MR) is 58.1 cm³/mol. The van der Waals surface area contributed by atoms with Crippen molar-refractivity contribution in [3.8, 4) is 5.75 Å². The first kappa shape index (κ1) is 11.3. The van der Waals surface area contributed by atoms with Gasteiger partial charge in [-0.15, -0.1) is 0 Å². The van der Waals surface area contributed by atoms with Crippen LogP contribution in [0, 0.1) is 13.8 Å². The number of ether oxygens (including phenoxy) is 1. The smallest absolute Gasteiger partial charge is 0.143 e. The molecular formula is C11H15ClO2. The Labute approximate surface area is 89.5 Å². The van der Waals surface area contributed by atoms with Crippen LogP contribution in [0.15, 0.2) is 6.07 Å². The molecule has 0 aliphatic carbocycles. The lowest BCUT2D eigenvalue weighted by molar-refractivity contribution is 0.193. The molecule has 0 aliphatic rings. The molecule has 2 nitrogen and oxygen atoms in total. The van der Waals surface area contributed by atoms with Crippen LogP contribution in [0.2, 0.25) is 5.02 Å². The average Bonchev–Trinajstić information content (AvgIpc) is 2.10. The molecule has 1 aromatic carbocycles. The fourth-order valence-corrected chi connectivity index (χ4v) is 1.93. The molecule has 0 bridgehead atoms. The Hall–Kier alpha value is -0.730. The van der Waals surface area contributed by atoms with Crippen LogP contribution in [0.5, 0.6) is 5.75 Å². The molecule has 0 fully saturated rings. The number of halogens is 1. The molecular weight excluding hydrogens is 200 g/mol. The van der Waals surface area contributed by atoms with Gasteiger partial charge in [-0.05, 0) is 38.0 Å². The number of hydrogen-bond acceptors (Lipinski definition) is 2. The van der Waals surface area contributed by atoms with E-state index in [2.05, 4.69) is 0 Å². The highest BCUT2D eigenvalue weighted by molar-refractivity contribution is 6.32. The zero-order valence-corrected chi connectivity index (χ0v) is 9.64. The summed E-state index contributed by atoms with van der Waals surface area (Å²) in [5.41, 5.74) is 2.87. The lowest BCUT2D eigenvalue weighted by atomic mass is 9.98. The fourth-order valence-electron chi connectivity index (χ4n) is 1.59. The van der Waals surface area contributed by atoms with Crippen LogP contribution in [-0.2, 0) is 0 Å². The zero-order chi connectivity index (χ0) is 10.9. The Bertz CT molecular complexity index is 346. The first-order valence-electron chi connectivity index (χ1n) is 4.50. The highest BCUT2D eigenvalue weighted by atomic mass is 35.5. The summed E-state index contributed by atoms with van der Waals surface area (Å²) in [7, 11) is 1.56. The first-order chi connectivity index (χ1) is 6.49. The van der Waals surface area contributed by atoms with Crippen LogP contribution in [0.25, 0.3) is 0 Å². The molecule has 1 rings (SSSR count). The summed E-state index contributed by atoms with van der Waals surface area (Å²) in [6, 6.07) is 1.85. The maximum atomic E-state index is 9.63. The van der Waals surface area contributed by atoms with Gasteiger partial charge in [0.2, 0.25) is 0 Å². The van der Waals surface area contributed by atoms with Gasteiger partial charge in [0, 0.05) is 5.56 Å². The van der Waals surface area contributed by atoms with Crippen LogP contribution in [0.3, 0.4) is 0 Å². The number of benzene rings is 1. The number of hydrogen-bond donors (Lipinski definition) is 1. The molecule has 0 saturated carbocycles. The maximum Gasteiger partial charge on any atom is 0.143 e. The average molecular weight is 215 g/mol. The minimum Gasteiger partial charge on any atom is -0.495 e. The van der Waals surface area contributed by atoms with E-state index in [1.54, 1.807) is 14.0 Å². The van der Waals surface area contributed by atoms with Gasteiger partial charge in [-0.2, -0.15) is 0 Å². The van der Waals surface area contributed by atoms with Gasteiger partial charge in [0.25, 0.3) is 0 Å². The van der Waals surface area contributed by atoms with Crippen LogP contribution in [0.1, 0.15) is 29.7 Å². The van der Waals surface area contributed by atoms with Crippen LogP contribution < -0.4 is 4.74 Å². The Balaban J connectivity index is 3.48. The van der Waals surface area contributed by atoms with Crippen molar-refractivity contribution in [2.24, 2.45) is 0 Å². The summed E-state index contributed by atoms with van der Waals surface area (Å²) in [6.07, 6.45) is -0.567. The van der Waals surface area contributed by atoms with Crippen molar-refractivity contribution >= 4 is 11.6 Å². The molecule has 0 heterocycles. The van der Waals surface area contributed by atoms with Gasteiger partial charge < -0.3 is 9.84 Å². The van der Waals surface area contributed by atoms with Crippen molar-refractivity contribution in [3.63, 3.8) is 0 Å². The van der Waals surface area contributed by atoms with Crippen molar-refractivity contribution < 1.29 is 9.84 Å².